The van der Waals surface area contributed by atoms with Crippen LogP contribution in [0.1, 0.15) is 147 Å². The topological polar surface area (TPSA) is 187 Å². The molecule has 0 amide bonds. The predicted molar refractivity (Wildman–Crippen MR) is 282 cm³/mol. The molecule has 6 aliphatic heterocycles. The first-order chi connectivity index (χ1) is 37.4. The highest BCUT2D eigenvalue weighted by atomic mass is 35.5. The number of piperidine rings is 2. The van der Waals surface area contributed by atoms with E-state index in [4.69, 9.17) is 40.7 Å². The largest absolute Gasteiger partial charge is 0.411 e. The fourth-order valence-electron chi connectivity index (χ4n) is 11.3. The average molecular weight is 1100 g/mol. The summed E-state index contributed by atoms with van der Waals surface area (Å²) in [5, 5.41) is 28.3. The first-order valence-electron chi connectivity index (χ1n) is 27.5. The van der Waals surface area contributed by atoms with Gasteiger partial charge in [-0.3, -0.25) is 18.7 Å². The van der Waals surface area contributed by atoms with Gasteiger partial charge in [0.25, 0.3) is 11.1 Å². The van der Waals surface area contributed by atoms with Crippen LogP contribution in [0.3, 0.4) is 0 Å². The van der Waals surface area contributed by atoms with Gasteiger partial charge in [-0.25, -0.2) is 27.5 Å². The van der Waals surface area contributed by atoms with Crippen LogP contribution in [0.5, 0.6) is 0 Å². The third-order valence-corrected chi connectivity index (χ3v) is 15.7. The monoisotopic (exact) mass is 1100 g/mol. The quantitative estimate of drug-likeness (QED) is 0.0380. The van der Waals surface area contributed by atoms with Gasteiger partial charge in [0, 0.05) is 96.3 Å². The average Bonchev–Trinajstić information content (AvgIpc) is 3.44. The van der Waals surface area contributed by atoms with Gasteiger partial charge in [0.05, 0.1) is 11.4 Å². The van der Waals surface area contributed by atoms with Gasteiger partial charge in [-0.2, -0.15) is 0 Å². The molecule has 16 nitrogen and oxygen atoms in total. The Morgan fingerprint density at radius 1 is 0.649 bits per heavy atom. The van der Waals surface area contributed by atoms with E-state index in [1.54, 1.807) is 9.13 Å². The molecule has 4 aromatic rings. The maximum atomic E-state index is 14.3. The number of ether oxygens (including phenoxy) is 4. The summed E-state index contributed by atoms with van der Waals surface area (Å²) in [4.78, 5) is 37.9. The van der Waals surface area contributed by atoms with Crippen molar-refractivity contribution in [3.8, 4) is 0 Å². The van der Waals surface area contributed by atoms with Gasteiger partial charge in [0.1, 0.15) is 47.1 Å². The van der Waals surface area contributed by atoms with Crippen LogP contribution in [0.4, 0.5) is 17.6 Å². The van der Waals surface area contributed by atoms with Crippen molar-refractivity contribution in [1.29, 1.82) is 0 Å². The number of halogens is 5. The number of likely N-dealkylation sites (tertiary alicyclic amines) is 1. The van der Waals surface area contributed by atoms with E-state index in [1.807, 2.05) is 13.8 Å². The lowest BCUT2D eigenvalue weighted by Crippen LogP contribution is -2.40. The smallest absolute Gasteiger partial charge is 0.257 e. The van der Waals surface area contributed by atoms with Gasteiger partial charge in [0.15, 0.2) is 12.6 Å². The maximum Gasteiger partial charge on any atom is 0.257 e. The Morgan fingerprint density at radius 3 is 1.55 bits per heavy atom. The van der Waals surface area contributed by atoms with Crippen molar-refractivity contribution in [3.05, 3.63) is 126 Å². The van der Waals surface area contributed by atoms with E-state index >= 15 is 0 Å². The standard InChI is InChI=1S/C28H36F2N4O4.C16H23ClN2O3.C12H14F2N2O/c1-18-21(28(35)34-12-4-5-24(27(34)31-18)38-25-6-2-3-16-37-25)11-15-33-13-9-19(10-14-33)26(32-36)22-8-7-20(29)17-23(22)30;1-11-12(7-8-17)16(20)19-9-4-5-13(15(19)18-11)22-14-6-2-3-10-21-14;13-9-1-2-10(11(14)7-9)12(16-17)8-3-5-15-6-4-8/h7-8,17,19,24-25,36H,2-6,9-16H2,1H3;13-14H,2-10H2,1H3;1-2,7-8,15,17H,3-6H2/b32-26-;;16-12-. The molecule has 420 valence electrons. The van der Waals surface area contributed by atoms with Crippen molar-refractivity contribution in [1.82, 2.24) is 29.3 Å². The Hall–Kier alpha value is -5.09. The summed E-state index contributed by atoms with van der Waals surface area (Å²) in [5.74, 6) is -0.919. The summed E-state index contributed by atoms with van der Waals surface area (Å²) in [6, 6.07) is 6.60. The fourth-order valence-corrected chi connectivity index (χ4v) is 11.5. The molecule has 2 aromatic carbocycles. The number of nitrogens with zero attached hydrogens (tertiary/aromatic N) is 7. The Balaban J connectivity index is 0.000000169. The summed E-state index contributed by atoms with van der Waals surface area (Å²) >= 11 is 5.80. The third-order valence-electron chi connectivity index (χ3n) is 15.5. The lowest BCUT2D eigenvalue weighted by molar-refractivity contribution is -0.195. The molecule has 0 radical (unpaired) electrons. The molecule has 3 N–H and O–H groups in total. The van der Waals surface area contributed by atoms with Crippen LogP contribution in [-0.2, 0) is 44.9 Å². The molecule has 4 saturated heterocycles. The predicted octanol–water partition coefficient (Wildman–Crippen LogP) is 9.19. The SMILES string of the molecule is Cc1nc2n(c(=O)c1CCCl)CCCC2OC1CCCCO1.Cc1nc2n(c(=O)c1CCN1CCC(/C(=N/O)c3ccc(F)cc3F)CC1)CCCC2OC1CCCCO1.O/N=C(\c1ccc(F)cc1F)C1CCNCC1. The van der Waals surface area contributed by atoms with Crippen molar-refractivity contribution in [2.24, 2.45) is 22.1 Å². The Kier molecular flexibility index (Phi) is 21.2. The summed E-state index contributed by atoms with van der Waals surface area (Å²) < 4.78 is 81.3. The molecule has 0 aliphatic carbocycles. The summed E-state index contributed by atoms with van der Waals surface area (Å²) in [6.07, 6.45) is 13.0. The Labute approximate surface area is 451 Å². The third kappa shape index (κ3) is 14.8. The van der Waals surface area contributed by atoms with Crippen molar-refractivity contribution in [2.45, 2.75) is 154 Å². The Bertz CT molecular complexity index is 2790. The first kappa shape index (κ1) is 58.1. The van der Waals surface area contributed by atoms with E-state index in [9.17, 15) is 32.4 Å². The molecule has 77 heavy (non-hydrogen) atoms. The molecular weight excluding hydrogens is 1020 g/mol. The van der Waals surface area contributed by atoms with E-state index in [0.29, 0.717) is 69.3 Å². The molecule has 10 rings (SSSR count). The van der Waals surface area contributed by atoms with Gasteiger partial charge in [0.2, 0.25) is 0 Å². The van der Waals surface area contributed by atoms with Gasteiger partial charge >= 0.3 is 0 Å². The van der Waals surface area contributed by atoms with E-state index < -0.39 is 23.3 Å². The molecule has 21 heteroatoms. The van der Waals surface area contributed by atoms with Crippen LogP contribution in [-0.4, -0.2) is 110 Å². The summed E-state index contributed by atoms with van der Waals surface area (Å²) in [5.41, 5.74) is 3.92. The van der Waals surface area contributed by atoms with Crippen molar-refractivity contribution in [3.63, 3.8) is 0 Å². The number of rotatable bonds is 13. The highest BCUT2D eigenvalue weighted by molar-refractivity contribution is 6.18. The second kappa shape index (κ2) is 28.2. The molecule has 2 aromatic heterocycles. The number of fused-ring (bicyclic) bond motifs is 2. The van der Waals surface area contributed by atoms with Crippen molar-refractivity contribution in [2.75, 3.05) is 51.8 Å². The molecule has 4 unspecified atom stereocenters. The lowest BCUT2D eigenvalue weighted by Gasteiger charge is -2.33. The number of nitrogens with one attached hydrogen (secondary N) is 1. The Morgan fingerprint density at radius 2 is 1.12 bits per heavy atom. The highest BCUT2D eigenvalue weighted by Gasteiger charge is 2.32. The van der Waals surface area contributed by atoms with E-state index in [2.05, 4.69) is 25.5 Å². The van der Waals surface area contributed by atoms with E-state index in [1.165, 1.54) is 24.3 Å². The number of hydrogen-bond acceptors (Lipinski definition) is 14. The highest BCUT2D eigenvalue weighted by Crippen LogP contribution is 2.32. The van der Waals surface area contributed by atoms with Crippen molar-refractivity contribution < 1.29 is 46.9 Å². The normalized spacial score (nSPS) is 22.7. The van der Waals surface area contributed by atoms with Crippen LogP contribution in [0, 0.1) is 49.0 Å². The zero-order valence-corrected chi connectivity index (χ0v) is 44.9. The maximum absolute atomic E-state index is 14.3. The van der Waals surface area contributed by atoms with Crippen LogP contribution in [0.2, 0.25) is 0 Å². The van der Waals surface area contributed by atoms with Crippen molar-refractivity contribution >= 4 is 23.0 Å². The fraction of sp³-hybridized carbons (Fsp3) is 0.607. The van der Waals surface area contributed by atoms with E-state index in [0.717, 1.165) is 150 Å². The molecule has 4 atom stereocenters. The lowest BCUT2D eigenvalue weighted by atomic mass is 9.88. The minimum atomic E-state index is -0.727. The minimum Gasteiger partial charge on any atom is -0.411 e. The molecule has 8 heterocycles. The molecule has 0 spiro atoms. The van der Waals surface area contributed by atoms with E-state index in [-0.39, 0.29) is 64.6 Å². The summed E-state index contributed by atoms with van der Waals surface area (Å²) in [6.45, 7) is 10.4. The molecule has 0 bridgehead atoms. The number of alkyl halides is 1. The summed E-state index contributed by atoms with van der Waals surface area (Å²) in [7, 11) is 0. The van der Waals surface area contributed by atoms with Gasteiger partial charge in [-0.15, -0.1) is 11.6 Å². The van der Waals surface area contributed by atoms with Crippen LogP contribution in [0.15, 0.2) is 56.3 Å². The number of aryl methyl sites for hydroxylation is 2. The zero-order chi connectivity index (χ0) is 54.4. The van der Waals surface area contributed by atoms with Crippen LogP contribution in [0.25, 0.3) is 0 Å². The molecule has 0 saturated carbocycles. The number of hydrogen-bond donors (Lipinski definition) is 3. The van der Waals surface area contributed by atoms with Crippen LogP contribution >= 0.6 is 11.6 Å². The first-order valence-corrected chi connectivity index (χ1v) is 28.0. The number of oxime groups is 2. The minimum absolute atomic E-state index is 0.0150. The second-order valence-corrected chi connectivity index (χ2v) is 21.0. The van der Waals surface area contributed by atoms with Gasteiger partial charge in [-0.1, -0.05) is 10.3 Å². The number of benzene rings is 2. The molecule has 6 aliphatic rings. The number of aromatic nitrogens is 4. The van der Waals surface area contributed by atoms with Crippen LogP contribution < -0.4 is 16.4 Å². The zero-order valence-electron chi connectivity index (χ0n) is 44.2. The second-order valence-electron chi connectivity index (χ2n) is 20.7. The van der Waals surface area contributed by atoms with Gasteiger partial charge < -0.3 is 39.6 Å². The molecule has 4 fully saturated rings. The molecular formula is C56H73ClF4N8O8. The van der Waals surface area contributed by atoms with Gasteiger partial charge in [-0.05, 0) is 167 Å².